The van der Waals surface area contributed by atoms with Crippen molar-refractivity contribution in [2.45, 2.75) is 23.8 Å². The smallest absolute Gasteiger partial charge is 0.260 e. The molecule has 1 N–H and O–H groups in total. The second-order valence-electron chi connectivity index (χ2n) is 5.46. The Hall–Kier alpha value is -1.98. The van der Waals surface area contributed by atoms with Gasteiger partial charge >= 0.3 is 0 Å². The molecule has 1 aromatic carbocycles. The number of β-amino-alcohol motifs (C(OH)–C–C–N with tert-alkyl or cyclic N) is 1. The van der Waals surface area contributed by atoms with Crippen LogP contribution in [0, 0.1) is 24.4 Å². The molecule has 3 rings (SSSR count). The van der Waals surface area contributed by atoms with Crippen LogP contribution in [0.3, 0.4) is 0 Å². The molecule has 0 spiro atoms. The van der Waals surface area contributed by atoms with Gasteiger partial charge in [-0.3, -0.25) is 0 Å². The first kappa shape index (κ1) is 16.9. The number of hydrogen-bond donors (Lipinski definition) is 1. The first-order chi connectivity index (χ1) is 11.1. The molecule has 1 aromatic heterocycles. The molecule has 0 aliphatic carbocycles. The molecular formula is C13H12F3N3O4S. The second kappa shape index (κ2) is 5.53. The van der Waals surface area contributed by atoms with Crippen molar-refractivity contribution >= 4 is 10.0 Å². The van der Waals surface area contributed by atoms with Crippen LogP contribution in [0.15, 0.2) is 21.6 Å². The number of sulfonamides is 1. The summed E-state index contributed by atoms with van der Waals surface area (Å²) in [5.41, 5.74) is -1.73. The monoisotopic (exact) mass is 363 g/mol. The fourth-order valence-electron chi connectivity index (χ4n) is 2.47. The summed E-state index contributed by atoms with van der Waals surface area (Å²) in [5.74, 6) is -4.31. The number of rotatable bonds is 3. The Kier molecular flexibility index (Phi) is 3.89. The Morgan fingerprint density at radius 3 is 2.54 bits per heavy atom. The van der Waals surface area contributed by atoms with Crippen molar-refractivity contribution in [3.8, 4) is 0 Å². The maximum absolute atomic E-state index is 13.8. The van der Waals surface area contributed by atoms with E-state index in [0.29, 0.717) is 0 Å². The Morgan fingerprint density at radius 2 is 1.92 bits per heavy atom. The van der Waals surface area contributed by atoms with Gasteiger partial charge in [0.05, 0.1) is 6.54 Å². The van der Waals surface area contributed by atoms with Crippen LogP contribution in [0.1, 0.15) is 18.1 Å². The van der Waals surface area contributed by atoms with Crippen molar-refractivity contribution in [3.05, 3.63) is 41.3 Å². The normalized spacial score (nSPS) is 22.2. The summed E-state index contributed by atoms with van der Waals surface area (Å²) in [5, 5.41) is 14.0. The van der Waals surface area contributed by atoms with E-state index in [1.165, 1.54) is 6.92 Å². The van der Waals surface area contributed by atoms with Crippen molar-refractivity contribution in [2.24, 2.45) is 0 Å². The molecule has 0 saturated carbocycles. The summed E-state index contributed by atoms with van der Waals surface area (Å²) in [4.78, 5) is 2.86. The highest BCUT2D eigenvalue weighted by molar-refractivity contribution is 7.89. The van der Waals surface area contributed by atoms with Gasteiger partial charge in [0.1, 0.15) is 10.7 Å². The van der Waals surface area contributed by atoms with Gasteiger partial charge in [-0.05, 0) is 13.0 Å². The lowest BCUT2D eigenvalue weighted by Crippen LogP contribution is -2.35. The highest BCUT2D eigenvalue weighted by atomic mass is 32.2. The van der Waals surface area contributed by atoms with Gasteiger partial charge < -0.3 is 9.63 Å². The van der Waals surface area contributed by atoms with Crippen molar-refractivity contribution in [1.29, 1.82) is 0 Å². The summed E-state index contributed by atoms with van der Waals surface area (Å²) in [6.45, 7) is 0.866. The lowest BCUT2D eigenvalue weighted by Gasteiger charge is -2.20. The Morgan fingerprint density at radius 1 is 1.25 bits per heavy atom. The lowest BCUT2D eigenvalue weighted by molar-refractivity contribution is 0.0194. The van der Waals surface area contributed by atoms with Gasteiger partial charge in [0.2, 0.25) is 10.0 Å². The van der Waals surface area contributed by atoms with Crippen LogP contribution in [0.5, 0.6) is 0 Å². The molecule has 2 aromatic rings. The molecule has 0 amide bonds. The number of hydrogen-bond acceptors (Lipinski definition) is 6. The molecule has 130 valence electrons. The third kappa shape index (κ3) is 2.68. The Labute approximate surface area is 134 Å². The van der Waals surface area contributed by atoms with Crippen LogP contribution in [0.25, 0.3) is 0 Å². The number of nitrogens with zero attached hydrogens (tertiary/aromatic N) is 3. The van der Waals surface area contributed by atoms with E-state index in [9.17, 15) is 26.7 Å². The second-order valence-corrected chi connectivity index (χ2v) is 7.37. The maximum atomic E-state index is 13.8. The van der Waals surface area contributed by atoms with Gasteiger partial charge in [0.25, 0.3) is 5.89 Å². The molecule has 7 nitrogen and oxygen atoms in total. The number of aryl methyl sites for hydroxylation is 1. The largest absolute Gasteiger partial charge is 0.379 e. The molecule has 1 atom stereocenters. The fraction of sp³-hybridized carbons (Fsp3) is 0.385. The molecule has 11 heteroatoms. The minimum atomic E-state index is -4.48. The van der Waals surface area contributed by atoms with Crippen LogP contribution in [-0.4, -0.2) is 41.1 Å². The first-order valence-corrected chi connectivity index (χ1v) is 8.25. The summed E-state index contributed by atoms with van der Waals surface area (Å²) < 4.78 is 70.6. The lowest BCUT2D eigenvalue weighted by atomic mass is 10.0. The van der Waals surface area contributed by atoms with E-state index in [1.54, 1.807) is 0 Å². The number of aliphatic hydroxyl groups is 1. The average Bonchev–Trinajstić information content (AvgIpc) is 3.10. The van der Waals surface area contributed by atoms with Gasteiger partial charge in [-0.2, -0.15) is 9.29 Å². The summed E-state index contributed by atoms with van der Waals surface area (Å²) in [7, 11) is -4.48. The fourth-order valence-corrected chi connectivity index (χ4v) is 4.02. The predicted octanol–water partition coefficient (Wildman–Crippen LogP) is 1.08. The zero-order valence-corrected chi connectivity index (χ0v) is 13.1. The topological polar surface area (TPSA) is 96.5 Å². The van der Waals surface area contributed by atoms with Gasteiger partial charge in [-0.1, -0.05) is 5.16 Å². The highest BCUT2D eigenvalue weighted by Crippen LogP contribution is 2.34. The van der Waals surface area contributed by atoms with Crippen LogP contribution >= 0.6 is 0 Å². The quantitative estimate of drug-likeness (QED) is 0.820. The molecule has 1 aliphatic rings. The van der Waals surface area contributed by atoms with Crippen molar-refractivity contribution in [1.82, 2.24) is 14.4 Å². The summed E-state index contributed by atoms with van der Waals surface area (Å²) in [6, 6.07) is 0.431. The van der Waals surface area contributed by atoms with E-state index in [4.69, 9.17) is 4.52 Å². The zero-order valence-electron chi connectivity index (χ0n) is 12.3. The molecule has 1 aliphatic heterocycles. The first-order valence-electron chi connectivity index (χ1n) is 6.81. The van der Waals surface area contributed by atoms with Gasteiger partial charge in [0.15, 0.2) is 23.1 Å². The molecule has 1 saturated heterocycles. The predicted molar refractivity (Wildman–Crippen MR) is 72.6 cm³/mol. The SMILES string of the molecule is Cc1noc([C@]2(O)CCN(S(=O)(=O)c3cc(F)c(F)cc3F)C2)n1. The van der Waals surface area contributed by atoms with E-state index in [0.717, 1.165) is 4.31 Å². The molecule has 24 heavy (non-hydrogen) atoms. The van der Waals surface area contributed by atoms with E-state index in [2.05, 4.69) is 10.1 Å². The van der Waals surface area contributed by atoms with Gasteiger partial charge in [-0.25, -0.2) is 21.6 Å². The molecule has 0 radical (unpaired) electrons. The number of halogens is 3. The van der Waals surface area contributed by atoms with Crippen LogP contribution < -0.4 is 0 Å². The van der Waals surface area contributed by atoms with Crippen LogP contribution in [0.2, 0.25) is 0 Å². The molecular weight excluding hydrogens is 351 g/mol. The number of aromatic nitrogens is 2. The van der Waals surface area contributed by atoms with E-state index < -0.39 is 44.5 Å². The minimum absolute atomic E-state index is 0.0703. The van der Waals surface area contributed by atoms with Gasteiger partial charge in [0, 0.05) is 19.0 Å². The maximum Gasteiger partial charge on any atom is 0.260 e. The van der Waals surface area contributed by atoms with Crippen molar-refractivity contribution in [2.75, 3.05) is 13.1 Å². The Bertz CT molecular complexity index is 902. The molecule has 0 unspecified atom stereocenters. The third-order valence-corrected chi connectivity index (χ3v) is 5.59. The molecule has 0 bridgehead atoms. The average molecular weight is 363 g/mol. The molecule has 2 heterocycles. The summed E-state index contributed by atoms with van der Waals surface area (Å²) in [6.07, 6.45) is -0.0703. The van der Waals surface area contributed by atoms with Gasteiger partial charge in [-0.15, -0.1) is 0 Å². The van der Waals surface area contributed by atoms with Crippen molar-refractivity contribution in [3.63, 3.8) is 0 Å². The third-order valence-electron chi connectivity index (χ3n) is 3.73. The zero-order chi connectivity index (χ0) is 17.7. The van der Waals surface area contributed by atoms with Crippen LogP contribution in [-0.2, 0) is 15.6 Å². The number of benzene rings is 1. The summed E-state index contributed by atoms with van der Waals surface area (Å²) >= 11 is 0. The Balaban J connectivity index is 1.94. The van der Waals surface area contributed by atoms with Crippen LogP contribution in [0.4, 0.5) is 13.2 Å². The highest BCUT2D eigenvalue weighted by Gasteiger charge is 2.47. The van der Waals surface area contributed by atoms with E-state index in [-0.39, 0.29) is 36.8 Å². The standard InChI is InChI=1S/C13H12F3N3O4S/c1-7-17-12(23-18-7)13(20)2-3-19(6-13)24(21,22)11-5-9(15)8(14)4-10(11)16/h4-5,20H,2-3,6H2,1H3/t13-/m0/s1. The van der Waals surface area contributed by atoms with E-state index in [1.807, 2.05) is 0 Å². The molecule has 1 fully saturated rings. The minimum Gasteiger partial charge on any atom is -0.379 e. The van der Waals surface area contributed by atoms with Crippen molar-refractivity contribution < 1.29 is 31.2 Å². The van der Waals surface area contributed by atoms with E-state index >= 15 is 0 Å².